The van der Waals surface area contributed by atoms with Gasteiger partial charge in [-0.05, 0) is 23.8 Å². The minimum Gasteiger partial charge on any atom is -0.603 e. The summed E-state index contributed by atoms with van der Waals surface area (Å²) in [6.45, 7) is 1.93. The molecule has 1 aromatic carbocycles. The number of nitrogens with zero attached hydrogens (tertiary/aromatic N) is 3. The summed E-state index contributed by atoms with van der Waals surface area (Å²) < 4.78 is 15.1. The largest absolute Gasteiger partial charge is 0.603 e. The Labute approximate surface area is 199 Å². The molecule has 0 bridgehead atoms. The van der Waals surface area contributed by atoms with Crippen LogP contribution in [0.5, 0.6) is 5.06 Å². The standard InChI is InChI=1S/C18H22N4O9P2S/c1-11-18(30-33(27,28)31-32(25,26)29-9-8-23)34-17(15(24)13-6-4-3-5-7-13)22(11)14-10-20-12(2)21-16(14)19/h3-7,10,15,23-24H,8-9H2,1-2H3,(H3-,19,20,21,25,26,27,28)/p+1. The second-order valence-electron chi connectivity index (χ2n) is 6.82. The monoisotopic (exact) mass is 533 g/mol. The SMILES string of the molecule is Cc1ncc(-[n+]2c(C(O)c3ccccc3)sc(O[P+]([O-])(O)O[P+]([O-])(O)OCCO)c2C)c(N)n1. The van der Waals surface area contributed by atoms with Crippen LogP contribution in [0, 0.1) is 13.8 Å². The average molecular weight is 533 g/mol. The van der Waals surface area contributed by atoms with E-state index in [1.165, 1.54) is 17.7 Å². The quantitative estimate of drug-likeness (QED) is 0.166. The van der Waals surface area contributed by atoms with Crippen LogP contribution in [0.4, 0.5) is 5.82 Å². The van der Waals surface area contributed by atoms with Gasteiger partial charge >= 0.3 is 21.4 Å². The van der Waals surface area contributed by atoms with Gasteiger partial charge in [0.2, 0.25) is 11.5 Å². The second kappa shape index (κ2) is 10.8. The van der Waals surface area contributed by atoms with Crippen molar-refractivity contribution in [3.63, 3.8) is 0 Å². The molecule has 0 aliphatic heterocycles. The number of nitrogens with two attached hydrogens (primary N) is 1. The Bertz CT molecular complexity index is 1130. The van der Waals surface area contributed by atoms with Gasteiger partial charge in [-0.3, -0.25) is 4.52 Å². The minimum atomic E-state index is -5.19. The molecular weight excluding hydrogens is 510 g/mol. The summed E-state index contributed by atoms with van der Waals surface area (Å²) in [5.41, 5.74) is 7.06. The molecule has 0 spiro atoms. The Morgan fingerprint density at radius 3 is 2.47 bits per heavy atom. The number of thiazole rings is 1. The zero-order chi connectivity index (χ0) is 25.1. The van der Waals surface area contributed by atoms with Crippen LogP contribution in [-0.4, -0.2) is 43.2 Å². The maximum Gasteiger partial charge on any atom is 0.480 e. The molecule has 3 atom stereocenters. The van der Waals surface area contributed by atoms with Crippen LogP contribution in [-0.2, 0) is 8.83 Å². The van der Waals surface area contributed by atoms with Crippen LogP contribution in [0.15, 0.2) is 36.5 Å². The van der Waals surface area contributed by atoms with Crippen molar-refractivity contribution < 1.29 is 47.7 Å². The van der Waals surface area contributed by atoms with Gasteiger partial charge in [0.05, 0.1) is 6.61 Å². The van der Waals surface area contributed by atoms with Crippen LogP contribution in [0.2, 0.25) is 0 Å². The molecule has 3 rings (SSSR count). The van der Waals surface area contributed by atoms with E-state index < -0.39 is 35.7 Å². The zero-order valence-electron chi connectivity index (χ0n) is 18.0. The smallest absolute Gasteiger partial charge is 0.480 e. The van der Waals surface area contributed by atoms with Crippen molar-refractivity contribution in [3.05, 3.63) is 58.6 Å². The molecule has 3 aromatic rings. The maximum absolute atomic E-state index is 12.4. The Hall–Kier alpha value is -1.93. The van der Waals surface area contributed by atoms with E-state index in [2.05, 4.69) is 18.8 Å². The third-order valence-corrected chi connectivity index (χ3v) is 8.18. The highest BCUT2D eigenvalue weighted by molar-refractivity contribution is 7.66. The minimum absolute atomic E-state index is 0.0761. The highest BCUT2D eigenvalue weighted by Crippen LogP contribution is 2.65. The second-order valence-corrected chi connectivity index (χ2v) is 10.8. The fourth-order valence-electron chi connectivity index (χ4n) is 2.90. The molecule has 0 fully saturated rings. The first-order valence-electron chi connectivity index (χ1n) is 9.64. The van der Waals surface area contributed by atoms with Crippen molar-refractivity contribution in [2.75, 3.05) is 18.9 Å². The summed E-state index contributed by atoms with van der Waals surface area (Å²) in [6, 6.07) is 8.59. The lowest BCUT2D eigenvalue weighted by atomic mass is 10.1. The normalized spacial score (nSPS) is 16.0. The molecule has 0 aliphatic rings. The number of aromatic nitrogens is 3. The molecule has 184 valence electrons. The Morgan fingerprint density at radius 2 is 1.85 bits per heavy atom. The van der Waals surface area contributed by atoms with E-state index >= 15 is 0 Å². The van der Waals surface area contributed by atoms with Crippen molar-refractivity contribution in [2.45, 2.75) is 20.0 Å². The van der Waals surface area contributed by atoms with Gasteiger partial charge in [-0.1, -0.05) is 30.3 Å². The molecule has 0 amide bonds. The van der Waals surface area contributed by atoms with Crippen LogP contribution in [0.3, 0.4) is 0 Å². The number of anilines is 1. The number of phosphoric ester groups is 2. The Morgan fingerprint density at radius 1 is 1.18 bits per heavy atom. The van der Waals surface area contributed by atoms with Crippen molar-refractivity contribution in [2.24, 2.45) is 0 Å². The van der Waals surface area contributed by atoms with Crippen molar-refractivity contribution in [1.82, 2.24) is 9.97 Å². The fourth-order valence-corrected chi connectivity index (χ4v) is 6.35. The third-order valence-electron chi connectivity index (χ3n) is 4.31. The summed E-state index contributed by atoms with van der Waals surface area (Å²) in [5.74, 6) is 0.485. The number of benzene rings is 1. The lowest BCUT2D eigenvalue weighted by molar-refractivity contribution is -0.608. The number of rotatable bonds is 10. The highest BCUT2D eigenvalue weighted by Gasteiger charge is 2.49. The lowest BCUT2D eigenvalue weighted by Crippen LogP contribution is -2.38. The number of aliphatic hydroxyl groups is 2. The van der Waals surface area contributed by atoms with Crippen LogP contribution >= 0.6 is 27.7 Å². The summed E-state index contributed by atoms with van der Waals surface area (Å²) in [7, 11) is -10.2. The van der Waals surface area contributed by atoms with Gasteiger partial charge in [0.1, 0.15) is 18.6 Å². The lowest BCUT2D eigenvalue weighted by Gasteiger charge is -2.22. The number of aliphatic hydroxyl groups excluding tert-OH is 2. The third kappa shape index (κ3) is 6.39. The van der Waals surface area contributed by atoms with Crippen molar-refractivity contribution >= 4 is 33.5 Å². The first-order chi connectivity index (χ1) is 15.9. The summed E-state index contributed by atoms with van der Waals surface area (Å²) in [4.78, 5) is 52.2. The van der Waals surface area contributed by atoms with E-state index in [1.807, 2.05) is 0 Å². The molecule has 2 heterocycles. The van der Waals surface area contributed by atoms with Gasteiger partial charge in [-0.25, -0.2) is 9.97 Å². The molecule has 13 nitrogen and oxygen atoms in total. The first-order valence-corrected chi connectivity index (χ1v) is 13.4. The molecule has 0 aliphatic carbocycles. The van der Waals surface area contributed by atoms with Gasteiger partial charge in [0, 0.05) is 11.2 Å². The summed E-state index contributed by atoms with van der Waals surface area (Å²) in [6.07, 6.45) is 0.209. The van der Waals surface area contributed by atoms with Gasteiger partial charge < -0.3 is 25.7 Å². The van der Waals surface area contributed by atoms with Gasteiger partial charge in [0.25, 0.3) is 10.7 Å². The average Bonchev–Trinajstić information content (AvgIpc) is 3.07. The molecule has 0 saturated carbocycles. The molecule has 34 heavy (non-hydrogen) atoms. The predicted molar refractivity (Wildman–Crippen MR) is 119 cm³/mol. The number of nitrogen functional groups attached to an aromatic ring is 1. The van der Waals surface area contributed by atoms with Crippen LogP contribution in [0.1, 0.15) is 28.2 Å². The van der Waals surface area contributed by atoms with Crippen LogP contribution < -0.4 is 24.6 Å². The number of aryl methyl sites for hydroxylation is 1. The van der Waals surface area contributed by atoms with Crippen molar-refractivity contribution in [3.8, 4) is 10.8 Å². The molecule has 0 saturated heterocycles. The van der Waals surface area contributed by atoms with Crippen LogP contribution in [0.25, 0.3) is 5.69 Å². The van der Waals surface area contributed by atoms with Gasteiger partial charge in [0.15, 0.2) is 6.10 Å². The fraction of sp³-hybridized carbons (Fsp3) is 0.278. The first kappa shape index (κ1) is 26.7. The molecule has 0 radical (unpaired) electrons. The van der Waals surface area contributed by atoms with E-state index in [1.54, 1.807) is 37.3 Å². The number of hydrogen-bond acceptors (Lipinski definition) is 13. The van der Waals surface area contributed by atoms with E-state index in [0.717, 1.165) is 11.3 Å². The zero-order valence-corrected chi connectivity index (χ0v) is 20.6. The van der Waals surface area contributed by atoms with E-state index in [4.69, 9.17) is 15.4 Å². The molecule has 16 heteroatoms. The Kier molecular flexibility index (Phi) is 8.45. The molecule has 2 aromatic heterocycles. The molecule has 3 unspecified atom stereocenters. The molecular formula is C18H23N4O9P2S+. The highest BCUT2D eigenvalue weighted by atomic mass is 32.1. The van der Waals surface area contributed by atoms with E-state index in [9.17, 15) is 24.7 Å². The maximum atomic E-state index is 12.4. The number of hydrogen-bond donors (Lipinski definition) is 5. The van der Waals surface area contributed by atoms with E-state index in [-0.39, 0.29) is 27.3 Å². The summed E-state index contributed by atoms with van der Waals surface area (Å²) >= 11 is 0.783. The van der Waals surface area contributed by atoms with Crippen molar-refractivity contribution in [1.29, 1.82) is 0 Å². The van der Waals surface area contributed by atoms with E-state index in [0.29, 0.717) is 11.4 Å². The summed E-state index contributed by atoms with van der Waals surface area (Å²) in [5, 5.41) is 19.8. The van der Waals surface area contributed by atoms with Gasteiger partial charge in [-0.15, -0.1) is 4.57 Å². The Balaban J connectivity index is 2.05. The van der Waals surface area contributed by atoms with Gasteiger partial charge in [-0.2, -0.15) is 14.3 Å². The molecule has 6 N–H and O–H groups in total. The topological polar surface area (TPSA) is 210 Å². The number of phosphoric acid groups is 2. The predicted octanol–water partition coefficient (Wildman–Crippen LogP) is -0.440.